The van der Waals surface area contributed by atoms with Gasteiger partial charge in [-0.15, -0.1) is 23.6 Å². The van der Waals surface area contributed by atoms with Crippen molar-refractivity contribution >= 4 is 60.7 Å². The van der Waals surface area contributed by atoms with E-state index in [-0.39, 0.29) is 10.9 Å². The molecule has 11 heavy (non-hydrogen) atoms. The first kappa shape index (κ1) is 12.1. The van der Waals surface area contributed by atoms with Gasteiger partial charge in [0.15, 0.2) is 13.1 Å². The van der Waals surface area contributed by atoms with E-state index in [2.05, 4.69) is 0 Å². The smallest absolute Gasteiger partial charge is 0.261 e. The molecule has 58 valence electrons. The second-order valence-corrected chi connectivity index (χ2v) is 4.30. The van der Waals surface area contributed by atoms with E-state index in [4.69, 9.17) is 21.1 Å². The summed E-state index contributed by atoms with van der Waals surface area (Å²) in [6.45, 7) is 0. The topological polar surface area (TPSA) is 104 Å². The van der Waals surface area contributed by atoms with Crippen LogP contribution in [0.3, 0.4) is 0 Å². The summed E-state index contributed by atoms with van der Waals surface area (Å²) < 4.78 is 0. The predicted molar refractivity (Wildman–Crippen MR) is 62.5 cm³/mol. The molecule has 4 nitrogen and oxygen atoms in total. The summed E-state index contributed by atoms with van der Waals surface area (Å²) in [5, 5.41) is 16.0. The first-order chi connectivity index (χ1) is 5.28. The zero-order valence-corrected chi connectivity index (χ0v) is 8.29. The lowest BCUT2D eigenvalue weighted by Gasteiger charge is -2.09. The van der Waals surface area contributed by atoms with Crippen LogP contribution in [0.2, 0.25) is 0 Å². The number of hydrogen-bond donors (Lipinski definition) is 4. The van der Waals surface area contributed by atoms with Crippen molar-refractivity contribution in [2.45, 2.75) is 0 Å². The third kappa shape index (κ3) is 5.40. The Labute approximate surface area is 81.8 Å². The maximum absolute atomic E-state index is 5.32. The van der Waals surface area contributed by atoms with Crippen molar-refractivity contribution in [3.63, 3.8) is 0 Å². The van der Waals surface area contributed by atoms with Gasteiger partial charge in [-0.3, -0.25) is 15.4 Å². The molecule has 11 heteroatoms. The fourth-order valence-electron chi connectivity index (χ4n) is 0.433. The van der Waals surface area contributed by atoms with Crippen molar-refractivity contribution in [2.24, 2.45) is 21.1 Å². The van der Waals surface area contributed by atoms with Crippen LogP contribution < -0.4 is 21.1 Å². The van der Waals surface area contributed by atoms with Gasteiger partial charge in [0.25, 0.3) is 5.16 Å². The van der Waals surface area contributed by atoms with E-state index in [9.17, 15) is 0 Å². The van der Waals surface area contributed by atoms with Crippen molar-refractivity contribution in [1.29, 1.82) is 0 Å². The summed E-state index contributed by atoms with van der Waals surface area (Å²) in [7, 11) is 3.39. The molecule has 0 spiro atoms. The minimum atomic E-state index is 0.00657. The molecular weight excluding hydrogens is 195 g/mol. The second kappa shape index (κ2) is 7.78. The molecule has 0 fully saturated rings. The average molecular weight is 204 g/mol. The zero-order chi connectivity index (χ0) is 8.69. The number of hydrogen-bond acceptors (Lipinski definition) is 7. The second-order valence-electron chi connectivity index (χ2n) is 1.63. The Kier molecular flexibility index (Phi) is 8.59. The van der Waals surface area contributed by atoms with Gasteiger partial charge in [-0.25, -0.2) is 0 Å². The molecular formula is H8B4N4S3. The maximum Gasteiger partial charge on any atom is 0.261 e. The molecule has 0 bridgehead atoms. The van der Waals surface area contributed by atoms with Crippen LogP contribution in [0.1, 0.15) is 0 Å². The van der Waals surface area contributed by atoms with Crippen molar-refractivity contribution in [1.82, 2.24) is 0 Å². The van der Waals surface area contributed by atoms with Gasteiger partial charge >= 0.3 is 0 Å². The zero-order valence-electron chi connectivity index (χ0n) is 5.84. The third-order valence-corrected chi connectivity index (χ3v) is 3.11. The lowest BCUT2D eigenvalue weighted by atomic mass is 9.14. The van der Waals surface area contributed by atoms with Gasteiger partial charge in [0, 0.05) is 0 Å². The normalized spacial score (nSPS) is 9.09. The molecule has 0 unspecified atom stereocenters. The van der Waals surface area contributed by atoms with E-state index in [1.165, 1.54) is 30.9 Å². The van der Waals surface area contributed by atoms with E-state index in [1.807, 2.05) is 7.06 Å². The van der Waals surface area contributed by atoms with E-state index >= 15 is 0 Å². The summed E-state index contributed by atoms with van der Waals surface area (Å²) >= 11 is 3.49. The van der Waals surface area contributed by atoms with E-state index in [0.29, 0.717) is 0 Å². The van der Waals surface area contributed by atoms with Crippen LogP contribution in [0.15, 0.2) is 0 Å². The van der Waals surface area contributed by atoms with Gasteiger partial charge in [0.05, 0.1) is 7.06 Å². The largest absolute Gasteiger partial charge is 0.380 e. The quantitative estimate of drug-likeness (QED) is 0.294. The van der Waals surface area contributed by atoms with Crippen molar-refractivity contribution in [3.05, 3.63) is 0 Å². The summed E-state index contributed by atoms with van der Waals surface area (Å²) in [5.41, 5.74) is 5.28. The average Bonchev–Trinajstić information content (AvgIpc) is 2.07. The van der Waals surface area contributed by atoms with Gasteiger partial charge in [-0.1, -0.05) is 0 Å². The maximum atomic E-state index is 5.32. The van der Waals surface area contributed by atoms with Crippen LogP contribution in [0.4, 0.5) is 0 Å². The highest BCUT2D eigenvalue weighted by atomic mass is 32.2. The molecule has 0 aliphatic rings. The van der Waals surface area contributed by atoms with E-state index in [1.54, 1.807) is 0 Å². The van der Waals surface area contributed by atoms with Crippen molar-refractivity contribution in [3.8, 4) is 0 Å². The standard InChI is InChI=1S/B4H8N4S3/c5-2-3(9-6)1-4(10-7)11-8/h5-8H2. The lowest BCUT2D eigenvalue weighted by Crippen LogP contribution is -2.41. The minimum absolute atomic E-state index is 0.00657. The first-order valence-corrected chi connectivity index (χ1v) is 5.58. The van der Waals surface area contributed by atoms with E-state index in [0.717, 1.165) is 11.8 Å². The number of nitrogens with two attached hydrogens (primary N) is 4. The molecule has 0 aromatic rings. The lowest BCUT2D eigenvalue weighted by molar-refractivity contribution is 1.97. The predicted octanol–water partition coefficient (Wildman–Crippen LogP) is -1.94. The molecule has 0 aliphatic carbocycles. The molecule has 2 radical (unpaired) electrons. The molecule has 0 aromatic carbocycles. The minimum Gasteiger partial charge on any atom is -0.380 e. The van der Waals surface area contributed by atoms with Crippen LogP contribution in [-0.4, -0.2) is 25.3 Å². The molecule has 0 atom stereocenters. The highest BCUT2D eigenvalue weighted by Crippen LogP contribution is 2.08. The Bertz CT molecular complexity index is 75.4. The molecule has 0 aliphatic heterocycles. The van der Waals surface area contributed by atoms with Gasteiger partial charge in [-0.2, -0.15) is 11.8 Å². The Morgan fingerprint density at radius 2 is 1.55 bits per heavy atom. The Morgan fingerprint density at radius 1 is 1.00 bits per heavy atom. The van der Waals surface area contributed by atoms with Gasteiger partial charge in [-0.05, 0) is 0 Å². The third-order valence-electron chi connectivity index (χ3n) is 0.962. The van der Waals surface area contributed by atoms with Gasteiger partial charge in [0.2, 0.25) is 0 Å². The SMILES string of the molecule is N[B]B([B]B(SN)SN)SN. The molecule has 0 rings (SSSR count). The Morgan fingerprint density at radius 3 is 1.82 bits per heavy atom. The Hall–Kier alpha value is 1.15. The van der Waals surface area contributed by atoms with Crippen LogP contribution in [0.5, 0.6) is 0 Å². The summed E-state index contributed by atoms with van der Waals surface area (Å²) in [4.78, 5) is 0. The van der Waals surface area contributed by atoms with Crippen LogP contribution in [0.25, 0.3) is 0 Å². The first-order valence-electron chi connectivity index (χ1n) is 2.75. The summed E-state index contributed by atoms with van der Waals surface area (Å²) in [6.07, 6.45) is 0. The van der Waals surface area contributed by atoms with Gasteiger partial charge in [0.1, 0.15) is 0 Å². The number of rotatable bonds is 6. The van der Waals surface area contributed by atoms with Crippen LogP contribution in [0, 0.1) is 0 Å². The van der Waals surface area contributed by atoms with Crippen LogP contribution >= 0.6 is 35.4 Å². The van der Waals surface area contributed by atoms with E-state index < -0.39 is 0 Å². The molecule has 8 N–H and O–H groups in total. The molecule has 0 saturated carbocycles. The highest BCUT2D eigenvalue weighted by Gasteiger charge is 2.22. The monoisotopic (exact) mass is 204 g/mol. The molecule has 0 aromatic heterocycles. The Balaban J connectivity index is 3.58. The summed E-state index contributed by atoms with van der Waals surface area (Å²) in [6, 6.07) is 0. The van der Waals surface area contributed by atoms with Crippen molar-refractivity contribution in [2.75, 3.05) is 0 Å². The van der Waals surface area contributed by atoms with Crippen LogP contribution in [-0.2, 0) is 0 Å². The molecule has 0 saturated heterocycles. The summed E-state index contributed by atoms with van der Waals surface area (Å²) in [5.74, 6) is 0.00657. The fourth-order valence-corrected chi connectivity index (χ4v) is 1.75. The van der Waals surface area contributed by atoms with Crippen molar-refractivity contribution < 1.29 is 0 Å². The molecule has 0 heterocycles. The van der Waals surface area contributed by atoms with Gasteiger partial charge < -0.3 is 5.64 Å². The molecule has 0 amide bonds. The highest BCUT2D eigenvalue weighted by molar-refractivity contribution is 8.60. The fraction of sp³-hybridized carbons (Fsp3) is 0.